The van der Waals surface area contributed by atoms with Gasteiger partial charge in [-0.2, -0.15) is 0 Å². The molecule has 0 bridgehead atoms. The second-order valence-electron chi connectivity index (χ2n) is 14.6. The summed E-state index contributed by atoms with van der Waals surface area (Å²) in [4.78, 5) is 20.8. The average molecular weight is 742 g/mol. The van der Waals surface area contributed by atoms with Crippen molar-refractivity contribution in [2.45, 2.75) is 6.04 Å². The van der Waals surface area contributed by atoms with E-state index in [1.807, 2.05) is 24.3 Å². The molecule has 1 unspecified atom stereocenters. The Morgan fingerprint density at radius 2 is 1.00 bits per heavy atom. The van der Waals surface area contributed by atoms with Crippen LogP contribution in [-0.4, -0.2) is 32.0 Å². The SMILES string of the molecule is C1=C(c2ccccc2)C=C(c2ccccc2)C2=NC(c3ccc(-c4cccc(-c5c6ccccc6c6nc(-c7ccccc7)nc(-c7ccccc7)n56)c4)cc3)=NC12. The summed E-state index contributed by atoms with van der Waals surface area (Å²) in [7, 11) is 0. The van der Waals surface area contributed by atoms with Crippen LogP contribution in [0.1, 0.15) is 16.7 Å². The van der Waals surface area contributed by atoms with E-state index in [0.29, 0.717) is 5.82 Å². The maximum atomic E-state index is 5.24. The Bertz CT molecular complexity index is 3120. The van der Waals surface area contributed by atoms with Gasteiger partial charge in [-0.1, -0.05) is 188 Å². The average Bonchev–Trinajstić information content (AvgIpc) is 3.89. The molecule has 3 heterocycles. The Labute approximate surface area is 336 Å². The van der Waals surface area contributed by atoms with Crippen molar-refractivity contribution >= 4 is 39.1 Å². The summed E-state index contributed by atoms with van der Waals surface area (Å²) in [5.41, 5.74) is 13.8. The summed E-state index contributed by atoms with van der Waals surface area (Å²) in [5.74, 6) is 2.30. The molecule has 0 fully saturated rings. The van der Waals surface area contributed by atoms with Gasteiger partial charge in [0.05, 0.1) is 11.4 Å². The Balaban J connectivity index is 0.987. The van der Waals surface area contributed by atoms with Crippen molar-refractivity contribution in [2.24, 2.45) is 9.98 Å². The molecule has 2 aromatic heterocycles. The van der Waals surface area contributed by atoms with Gasteiger partial charge in [-0.3, -0.25) is 9.39 Å². The lowest BCUT2D eigenvalue weighted by Crippen LogP contribution is -2.18. The smallest absolute Gasteiger partial charge is 0.163 e. The third-order valence-electron chi connectivity index (χ3n) is 11.0. The van der Waals surface area contributed by atoms with Crippen molar-refractivity contribution in [3.05, 3.63) is 223 Å². The Morgan fingerprint density at radius 3 is 1.71 bits per heavy atom. The van der Waals surface area contributed by atoms with E-state index in [1.165, 1.54) is 5.56 Å². The Hall–Kier alpha value is -7.76. The molecule has 0 radical (unpaired) electrons. The van der Waals surface area contributed by atoms with Gasteiger partial charge in [-0.05, 0) is 51.6 Å². The number of hydrogen-bond acceptors (Lipinski definition) is 4. The van der Waals surface area contributed by atoms with Crippen molar-refractivity contribution in [2.75, 3.05) is 0 Å². The van der Waals surface area contributed by atoms with Gasteiger partial charge >= 0.3 is 0 Å². The van der Waals surface area contributed by atoms with Crippen molar-refractivity contribution < 1.29 is 0 Å². The predicted octanol–water partition coefficient (Wildman–Crippen LogP) is 12.3. The molecule has 9 aromatic rings. The van der Waals surface area contributed by atoms with E-state index < -0.39 is 0 Å². The molecule has 2 aliphatic rings. The first-order valence-corrected chi connectivity index (χ1v) is 19.6. The van der Waals surface area contributed by atoms with Gasteiger partial charge in [0.15, 0.2) is 11.7 Å². The van der Waals surface area contributed by atoms with E-state index in [0.717, 1.165) is 89.6 Å². The van der Waals surface area contributed by atoms with Gasteiger partial charge in [-0.15, -0.1) is 0 Å². The van der Waals surface area contributed by atoms with Crippen LogP contribution in [0.15, 0.2) is 216 Å². The maximum absolute atomic E-state index is 5.24. The quantitative estimate of drug-likeness (QED) is 0.163. The first kappa shape index (κ1) is 33.6. The molecule has 5 heteroatoms. The second-order valence-corrected chi connectivity index (χ2v) is 14.6. The zero-order valence-electron chi connectivity index (χ0n) is 31.4. The highest BCUT2D eigenvalue weighted by molar-refractivity contribution is 6.35. The van der Waals surface area contributed by atoms with E-state index in [4.69, 9.17) is 20.0 Å². The van der Waals surface area contributed by atoms with E-state index >= 15 is 0 Å². The fourth-order valence-corrected chi connectivity index (χ4v) is 8.25. The number of nitrogens with zero attached hydrogens (tertiary/aromatic N) is 5. The zero-order valence-corrected chi connectivity index (χ0v) is 31.4. The van der Waals surface area contributed by atoms with Crippen LogP contribution in [-0.2, 0) is 0 Å². The highest BCUT2D eigenvalue weighted by Gasteiger charge is 2.29. The van der Waals surface area contributed by atoms with E-state index in [2.05, 4.69) is 186 Å². The minimum Gasteiger partial charge on any atom is -0.277 e. The normalized spacial score (nSPS) is 14.8. The van der Waals surface area contributed by atoms with Crippen molar-refractivity contribution in [1.82, 2.24) is 14.4 Å². The highest BCUT2D eigenvalue weighted by Crippen LogP contribution is 2.39. The minimum absolute atomic E-state index is 0.151. The molecule has 5 nitrogen and oxygen atoms in total. The summed E-state index contributed by atoms with van der Waals surface area (Å²) >= 11 is 0. The third-order valence-corrected chi connectivity index (χ3v) is 11.0. The van der Waals surface area contributed by atoms with Crippen LogP contribution < -0.4 is 0 Å². The molecule has 58 heavy (non-hydrogen) atoms. The van der Waals surface area contributed by atoms with E-state index in [1.54, 1.807) is 0 Å². The van der Waals surface area contributed by atoms with Crippen LogP contribution in [0.5, 0.6) is 0 Å². The molecule has 0 N–H and O–H groups in total. The fraction of sp³-hybridized carbons (Fsp3) is 0.0189. The first-order valence-electron chi connectivity index (χ1n) is 19.6. The van der Waals surface area contributed by atoms with Crippen LogP contribution in [0, 0.1) is 0 Å². The Morgan fingerprint density at radius 1 is 0.431 bits per heavy atom. The molecule has 1 atom stereocenters. The van der Waals surface area contributed by atoms with Gasteiger partial charge < -0.3 is 0 Å². The molecule has 0 spiro atoms. The molecular formula is C53H35N5. The maximum Gasteiger partial charge on any atom is 0.163 e. The van der Waals surface area contributed by atoms with Gasteiger partial charge in [0.25, 0.3) is 0 Å². The van der Waals surface area contributed by atoms with Gasteiger partial charge in [-0.25, -0.2) is 15.0 Å². The summed E-state index contributed by atoms with van der Waals surface area (Å²) < 4.78 is 2.24. The summed E-state index contributed by atoms with van der Waals surface area (Å²) in [6, 6.07) is 67.5. The van der Waals surface area contributed by atoms with E-state index in [-0.39, 0.29) is 6.04 Å². The minimum atomic E-state index is -0.151. The molecular weight excluding hydrogens is 707 g/mol. The molecule has 1 aliphatic heterocycles. The van der Waals surface area contributed by atoms with Crippen LogP contribution in [0.2, 0.25) is 0 Å². The molecule has 7 aromatic carbocycles. The van der Waals surface area contributed by atoms with Crippen molar-refractivity contribution in [3.8, 4) is 45.2 Å². The fourth-order valence-electron chi connectivity index (χ4n) is 8.25. The van der Waals surface area contributed by atoms with Gasteiger partial charge in [0.1, 0.15) is 17.5 Å². The lowest BCUT2D eigenvalue weighted by atomic mass is 9.87. The predicted molar refractivity (Wildman–Crippen MR) is 239 cm³/mol. The lowest BCUT2D eigenvalue weighted by Gasteiger charge is -2.19. The number of rotatable bonds is 7. The molecule has 11 rings (SSSR count). The molecule has 0 saturated heterocycles. The topological polar surface area (TPSA) is 54.9 Å². The van der Waals surface area contributed by atoms with Crippen LogP contribution in [0.3, 0.4) is 0 Å². The van der Waals surface area contributed by atoms with Crippen LogP contribution >= 0.6 is 0 Å². The van der Waals surface area contributed by atoms with Crippen LogP contribution in [0.25, 0.3) is 72.7 Å². The second kappa shape index (κ2) is 14.1. The zero-order chi connectivity index (χ0) is 38.4. The number of aliphatic imine (C=N–C) groups is 2. The first-order chi connectivity index (χ1) is 28.7. The molecule has 0 saturated carbocycles. The van der Waals surface area contributed by atoms with Crippen molar-refractivity contribution in [1.29, 1.82) is 0 Å². The third kappa shape index (κ3) is 5.89. The molecule has 272 valence electrons. The number of hydrogen-bond donors (Lipinski definition) is 0. The summed E-state index contributed by atoms with van der Waals surface area (Å²) in [6.45, 7) is 0. The summed E-state index contributed by atoms with van der Waals surface area (Å²) in [5, 5.41) is 2.21. The number of allylic oxidation sites excluding steroid dienone is 2. The Kier molecular flexibility index (Phi) is 8.14. The van der Waals surface area contributed by atoms with Gasteiger partial charge in [0.2, 0.25) is 0 Å². The number of aromatic nitrogens is 3. The molecule has 1 aliphatic carbocycles. The monoisotopic (exact) mass is 741 g/mol. The van der Waals surface area contributed by atoms with Crippen LogP contribution in [0.4, 0.5) is 0 Å². The van der Waals surface area contributed by atoms with Gasteiger partial charge in [0, 0.05) is 33.0 Å². The summed E-state index contributed by atoms with van der Waals surface area (Å²) in [6.07, 6.45) is 4.49. The number of fused-ring (bicyclic) bond motifs is 4. The lowest BCUT2D eigenvalue weighted by molar-refractivity contribution is 1.05. The van der Waals surface area contributed by atoms with E-state index in [9.17, 15) is 0 Å². The molecule has 0 amide bonds. The van der Waals surface area contributed by atoms with Crippen molar-refractivity contribution in [3.63, 3.8) is 0 Å². The highest BCUT2D eigenvalue weighted by atomic mass is 15.1. The number of benzene rings is 7. The standard InChI is InChI=1S/C53H35N5/c1-5-16-35(17-6-1)43-33-46(37-18-7-2-8-19-37)48-47(34-43)54-50(55-48)39-30-28-36(29-31-39)41-24-15-25-42(32-41)49-44-26-13-14-27-45(44)53-57-51(38-20-9-3-10-21-38)56-52(58(49)53)40-22-11-4-12-23-40/h1-34,47H. The number of amidine groups is 1. The largest absolute Gasteiger partial charge is 0.277 e.